The maximum absolute atomic E-state index is 12.1. The number of amides is 1. The molecule has 0 aromatic carbocycles. The number of halogens is 1. The fraction of sp³-hybridized carbons (Fsp3) is 0.750. The van der Waals surface area contributed by atoms with Gasteiger partial charge in [0.2, 0.25) is 5.91 Å². The summed E-state index contributed by atoms with van der Waals surface area (Å²) in [6.45, 7) is 9.20. The summed E-state index contributed by atoms with van der Waals surface area (Å²) in [7, 11) is 0. The molecule has 118 valence electrons. The van der Waals surface area contributed by atoms with Crippen molar-refractivity contribution < 1.29 is 4.79 Å². The van der Waals surface area contributed by atoms with E-state index in [1.807, 2.05) is 6.92 Å². The van der Waals surface area contributed by atoms with E-state index in [2.05, 4.69) is 47.1 Å². The molecule has 5 heteroatoms. The van der Waals surface area contributed by atoms with Gasteiger partial charge in [0.1, 0.15) is 6.54 Å². The molecule has 0 atom stereocenters. The first-order chi connectivity index (χ1) is 9.77. The van der Waals surface area contributed by atoms with Crippen molar-refractivity contribution in [3.63, 3.8) is 0 Å². The molecule has 1 aromatic heterocycles. The van der Waals surface area contributed by atoms with Gasteiger partial charge in [-0.15, -0.1) is 0 Å². The quantitative estimate of drug-likeness (QED) is 0.898. The summed E-state index contributed by atoms with van der Waals surface area (Å²) >= 11 is 3.41. The van der Waals surface area contributed by atoms with Gasteiger partial charge in [0.15, 0.2) is 0 Å². The van der Waals surface area contributed by atoms with Gasteiger partial charge in [-0.1, -0.05) is 20.8 Å². The summed E-state index contributed by atoms with van der Waals surface area (Å²) in [6.07, 6.45) is 6.34. The molecule has 0 bridgehead atoms. The Morgan fingerprint density at radius 3 is 2.48 bits per heavy atom. The lowest BCUT2D eigenvalue weighted by Crippen LogP contribution is -2.41. The van der Waals surface area contributed by atoms with Crippen LogP contribution in [0.1, 0.15) is 52.1 Å². The van der Waals surface area contributed by atoms with Crippen molar-refractivity contribution in [1.29, 1.82) is 0 Å². The Morgan fingerprint density at radius 2 is 2.00 bits per heavy atom. The van der Waals surface area contributed by atoms with Crippen LogP contribution in [0.25, 0.3) is 0 Å². The highest BCUT2D eigenvalue weighted by molar-refractivity contribution is 9.10. The third kappa shape index (κ3) is 4.31. The minimum Gasteiger partial charge on any atom is -0.352 e. The molecule has 1 heterocycles. The van der Waals surface area contributed by atoms with Crippen LogP contribution in [0, 0.1) is 18.3 Å². The lowest BCUT2D eigenvalue weighted by molar-refractivity contribution is -0.122. The zero-order chi connectivity index (χ0) is 15.6. The third-order valence-electron chi connectivity index (χ3n) is 4.65. The number of hydrogen-bond acceptors (Lipinski definition) is 2. The summed E-state index contributed by atoms with van der Waals surface area (Å²) < 4.78 is 2.68. The fourth-order valence-electron chi connectivity index (χ4n) is 3.10. The Balaban J connectivity index is 1.81. The Labute approximate surface area is 135 Å². The van der Waals surface area contributed by atoms with Crippen LogP contribution in [0.15, 0.2) is 10.7 Å². The lowest BCUT2D eigenvalue weighted by Gasteiger charge is -2.37. The number of nitrogens with one attached hydrogen (secondary N) is 1. The van der Waals surface area contributed by atoms with Crippen molar-refractivity contribution in [3.05, 3.63) is 16.4 Å². The van der Waals surface area contributed by atoms with Gasteiger partial charge >= 0.3 is 0 Å². The number of nitrogens with zero attached hydrogens (tertiary/aromatic N) is 2. The van der Waals surface area contributed by atoms with Gasteiger partial charge in [0, 0.05) is 6.04 Å². The van der Waals surface area contributed by atoms with Crippen molar-refractivity contribution in [2.75, 3.05) is 0 Å². The Bertz CT molecular complexity index is 496. The number of carbonyl (C=O) groups is 1. The summed E-state index contributed by atoms with van der Waals surface area (Å²) in [5.74, 6) is 0.836. The average molecular weight is 356 g/mol. The Morgan fingerprint density at radius 1 is 1.38 bits per heavy atom. The van der Waals surface area contributed by atoms with E-state index in [1.165, 1.54) is 12.8 Å². The smallest absolute Gasteiger partial charge is 0.241 e. The van der Waals surface area contributed by atoms with E-state index in [0.29, 0.717) is 18.0 Å². The second kappa shape index (κ2) is 6.51. The van der Waals surface area contributed by atoms with Gasteiger partial charge in [-0.05, 0) is 59.9 Å². The van der Waals surface area contributed by atoms with Crippen molar-refractivity contribution in [3.8, 4) is 0 Å². The largest absolute Gasteiger partial charge is 0.352 e. The van der Waals surface area contributed by atoms with Gasteiger partial charge in [-0.2, -0.15) is 5.10 Å². The van der Waals surface area contributed by atoms with Crippen molar-refractivity contribution in [2.24, 2.45) is 11.3 Å². The molecule has 1 saturated carbocycles. The SMILES string of the molecule is Cc1c(Br)cnn1CC(=O)NC1CCC(C(C)(C)C)CC1. The average Bonchev–Trinajstić information content (AvgIpc) is 2.70. The van der Waals surface area contributed by atoms with E-state index in [1.54, 1.807) is 10.9 Å². The Hall–Kier alpha value is -0.840. The number of rotatable bonds is 3. The molecule has 1 aliphatic carbocycles. The molecule has 0 radical (unpaired) electrons. The normalized spacial score (nSPS) is 23.1. The van der Waals surface area contributed by atoms with Crippen LogP contribution < -0.4 is 5.32 Å². The van der Waals surface area contributed by atoms with Crippen LogP contribution in [-0.4, -0.2) is 21.7 Å². The Kier molecular flexibility index (Phi) is 5.12. The van der Waals surface area contributed by atoms with Crippen LogP contribution >= 0.6 is 15.9 Å². The summed E-state index contributed by atoms with van der Waals surface area (Å²) in [5, 5.41) is 7.36. The number of hydrogen-bond donors (Lipinski definition) is 1. The first-order valence-electron chi connectivity index (χ1n) is 7.74. The molecule has 1 aliphatic rings. The van der Waals surface area contributed by atoms with Crippen LogP contribution in [0.4, 0.5) is 0 Å². The summed E-state index contributed by atoms with van der Waals surface area (Å²) in [4.78, 5) is 12.1. The van der Waals surface area contributed by atoms with Crippen LogP contribution in [-0.2, 0) is 11.3 Å². The molecule has 21 heavy (non-hydrogen) atoms. The zero-order valence-electron chi connectivity index (χ0n) is 13.4. The molecule has 0 saturated heterocycles. The first kappa shape index (κ1) is 16.5. The molecule has 1 amide bonds. The van der Waals surface area contributed by atoms with Gasteiger partial charge < -0.3 is 5.32 Å². The predicted octanol–water partition coefficient (Wildman–Crippen LogP) is 3.68. The van der Waals surface area contributed by atoms with E-state index in [9.17, 15) is 4.79 Å². The molecule has 0 unspecified atom stereocenters. The second-order valence-corrected chi connectivity index (χ2v) is 8.07. The van der Waals surface area contributed by atoms with E-state index in [0.717, 1.165) is 28.9 Å². The monoisotopic (exact) mass is 355 g/mol. The molecular formula is C16H26BrN3O. The highest BCUT2D eigenvalue weighted by Gasteiger charge is 2.30. The molecule has 0 aliphatic heterocycles. The lowest BCUT2D eigenvalue weighted by atomic mass is 9.71. The minimum atomic E-state index is 0.0629. The van der Waals surface area contributed by atoms with Gasteiger partial charge in [-0.3, -0.25) is 9.48 Å². The van der Waals surface area contributed by atoms with Crippen LogP contribution in [0.3, 0.4) is 0 Å². The second-order valence-electron chi connectivity index (χ2n) is 7.22. The highest BCUT2D eigenvalue weighted by atomic mass is 79.9. The van der Waals surface area contributed by atoms with E-state index in [-0.39, 0.29) is 5.91 Å². The highest BCUT2D eigenvalue weighted by Crippen LogP contribution is 2.37. The fourth-order valence-corrected chi connectivity index (χ4v) is 3.39. The minimum absolute atomic E-state index is 0.0629. The topological polar surface area (TPSA) is 46.9 Å². The molecule has 1 fully saturated rings. The van der Waals surface area contributed by atoms with Gasteiger partial charge in [0.25, 0.3) is 0 Å². The predicted molar refractivity (Wildman–Crippen MR) is 88.0 cm³/mol. The van der Waals surface area contributed by atoms with Gasteiger partial charge in [0.05, 0.1) is 16.4 Å². The molecule has 1 N–H and O–H groups in total. The van der Waals surface area contributed by atoms with Gasteiger partial charge in [-0.25, -0.2) is 0 Å². The molecule has 0 spiro atoms. The van der Waals surface area contributed by atoms with Crippen LogP contribution in [0.2, 0.25) is 0 Å². The van der Waals surface area contributed by atoms with E-state index >= 15 is 0 Å². The van der Waals surface area contributed by atoms with Crippen LogP contribution in [0.5, 0.6) is 0 Å². The molecular weight excluding hydrogens is 330 g/mol. The summed E-state index contributed by atoms with van der Waals surface area (Å²) in [5.41, 5.74) is 1.37. The maximum atomic E-state index is 12.1. The number of carbonyl (C=O) groups excluding carboxylic acids is 1. The third-order valence-corrected chi connectivity index (χ3v) is 5.43. The summed E-state index contributed by atoms with van der Waals surface area (Å²) in [6, 6.07) is 0.329. The molecule has 2 rings (SSSR count). The number of aromatic nitrogens is 2. The van der Waals surface area contributed by atoms with E-state index < -0.39 is 0 Å². The van der Waals surface area contributed by atoms with Crippen molar-refractivity contribution in [2.45, 2.75) is 66.0 Å². The molecule has 4 nitrogen and oxygen atoms in total. The van der Waals surface area contributed by atoms with Crippen molar-refractivity contribution in [1.82, 2.24) is 15.1 Å². The standard InChI is InChI=1S/C16H26BrN3O/c1-11-14(17)9-18-20(11)10-15(21)19-13-7-5-12(6-8-13)16(2,3)4/h9,12-13H,5-8,10H2,1-4H3,(H,19,21). The van der Waals surface area contributed by atoms with E-state index in [4.69, 9.17) is 0 Å². The molecule has 1 aromatic rings. The van der Waals surface area contributed by atoms with Crippen molar-refractivity contribution >= 4 is 21.8 Å². The first-order valence-corrected chi connectivity index (χ1v) is 8.54. The zero-order valence-corrected chi connectivity index (χ0v) is 15.0. The maximum Gasteiger partial charge on any atom is 0.241 e.